The number of hydrogen-bond donors (Lipinski definition) is 2. The van der Waals surface area contributed by atoms with Gasteiger partial charge in [0.2, 0.25) is 5.91 Å². The maximum Gasteiger partial charge on any atom is 0.534 e. The Kier molecular flexibility index (Phi) is 6.70. The van der Waals surface area contributed by atoms with Gasteiger partial charge < -0.3 is 20.0 Å². The van der Waals surface area contributed by atoms with Crippen LogP contribution in [0.3, 0.4) is 0 Å². The van der Waals surface area contributed by atoms with E-state index in [1.165, 1.54) is 12.1 Å². The number of benzene rings is 1. The zero-order valence-electron chi connectivity index (χ0n) is 14.7. The molecule has 0 saturated heterocycles. The van der Waals surface area contributed by atoms with Crippen molar-refractivity contribution < 1.29 is 40.1 Å². The lowest BCUT2D eigenvalue weighted by atomic mass is 10.1. The zero-order valence-corrected chi connectivity index (χ0v) is 15.5. The standard InChI is InChI=1S/C15H19F3N2O6S/c1-14(2,3)25-13(22)20-11(12(19)21)8-9-4-6-10(7-5-9)26-27(23,24)15(16,17)18/h4-7,11H,8H2,1-3H3,(H2,19,21)(H,20,22)/t11-/m1/s1. The third-order valence-corrected chi connectivity index (χ3v) is 3.87. The van der Waals surface area contributed by atoms with E-state index in [-0.39, 0.29) is 6.42 Å². The van der Waals surface area contributed by atoms with Crippen molar-refractivity contribution >= 4 is 22.1 Å². The fraction of sp³-hybridized carbons (Fsp3) is 0.467. The Morgan fingerprint density at radius 3 is 2.07 bits per heavy atom. The first-order valence-corrected chi connectivity index (χ1v) is 8.90. The summed E-state index contributed by atoms with van der Waals surface area (Å²) in [7, 11) is -5.78. The van der Waals surface area contributed by atoms with Crippen LogP contribution in [-0.2, 0) is 26.1 Å². The molecule has 152 valence electrons. The SMILES string of the molecule is CC(C)(C)OC(=O)N[C@H](Cc1ccc(OS(=O)(=O)C(F)(F)F)cc1)C(N)=O. The average Bonchev–Trinajstić information content (AvgIpc) is 2.45. The largest absolute Gasteiger partial charge is 0.534 e. The Hall–Kier alpha value is -2.50. The number of alkyl halides is 3. The van der Waals surface area contributed by atoms with Crippen LogP contribution in [0, 0.1) is 0 Å². The minimum absolute atomic E-state index is 0.0964. The quantitative estimate of drug-likeness (QED) is 0.543. The van der Waals surface area contributed by atoms with Gasteiger partial charge >= 0.3 is 21.7 Å². The van der Waals surface area contributed by atoms with Crippen LogP contribution >= 0.6 is 0 Å². The van der Waals surface area contributed by atoms with Gasteiger partial charge in [0.15, 0.2) is 0 Å². The second-order valence-electron chi connectivity index (χ2n) is 6.43. The Morgan fingerprint density at radius 1 is 1.15 bits per heavy atom. The van der Waals surface area contributed by atoms with Gasteiger partial charge in [0.1, 0.15) is 17.4 Å². The molecule has 1 atom stereocenters. The van der Waals surface area contributed by atoms with E-state index < -0.39 is 45.0 Å². The molecule has 8 nitrogen and oxygen atoms in total. The highest BCUT2D eigenvalue weighted by molar-refractivity contribution is 7.88. The van der Waals surface area contributed by atoms with Crippen LogP contribution in [0.25, 0.3) is 0 Å². The maximum absolute atomic E-state index is 12.3. The third kappa shape index (κ3) is 7.33. The first-order chi connectivity index (χ1) is 12.1. The van der Waals surface area contributed by atoms with Crippen molar-refractivity contribution in [3.05, 3.63) is 29.8 Å². The number of nitrogens with one attached hydrogen (secondary N) is 1. The van der Waals surface area contributed by atoms with Crippen molar-refractivity contribution in [2.45, 2.75) is 44.3 Å². The normalized spacial score (nSPS) is 13.6. The van der Waals surface area contributed by atoms with Crippen molar-refractivity contribution in [1.29, 1.82) is 0 Å². The summed E-state index contributed by atoms with van der Waals surface area (Å²) in [6.07, 6.45) is -0.969. The van der Waals surface area contributed by atoms with E-state index >= 15 is 0 Å². The molecule has 0 aliphatic heterocycles. The van der Waals surface area contributed by atoms with Crippen molar-refractivity contribution in [2.24, 2.45) is 5.73 Å². The second kappa shape index (κ2) is 8.03. The molecular weight excluding hydrogens is 393 g/mol. The predicted octanol–water partition coefficient (Wildman–Crippen LogP) is 1.84. The van der Waals surface area contributed by atoms with Gasteiger partial charge in [0.25, 0.3) is 0 Å². The van der Waals surface area contributed by atoms with E-state index in [4.69, 9.17) is 10.5 Å². The molecule has 0 aliphatic carbocycles. The van der Waals surface area contributed by atoms with E-state index in [0.717, 1.165) is 12.1 Å². The van der Waals surface area contributed by atoms with Crippen LogP contribution in [0.4, 0.5) is 18.0 Å². The molecule has 3 N–H and O–H groups in total. The van der Waals surface area contributed by atoms with Gasteiger partial charge in [-0.25, -0.2) is 4.79 Å². The van der Waals surface area contributed by atoms with Gasteiger partial charge in [-0.15, -0.1) is 0 Å². The smallest absolute Gasteiger partial charge is 0.444 e. The summed E-state index contributed by atoms with van der Waals surface area (Å²) >= 11 is 0. The summed E-state index contributed by atoms with van der Waals surface area (Å²) in [6, 6.07) is 3.27. The maximum atomic E-state index is 12.3. The summed E-state index contributed by atoms with van der Waals surface area (Å²) in [5, 5.41) is 2.28. The number of rotatable bonds is 6. The number of carbonyl (C=O) groups is 2. The minimum atomic E-state index is -5.78. The summed E-state index contributed by atoms with van der Waals surface area (Å²) in [5.41, 5.74) is -0.751. The second-order valence-corrected chi connectivity index (χ2v) is 7.97. The molecule has 1 rings (SSSR count). The van der Waals surface area contributed by atoms with Crippen molar-refractivity contribution in [2.75, 3.05) is 0 Å². The number of carbonyl (C=O) groups excluding carboxylic acids is 2. The molecule has 0 fully saturated rings. The highest BCUT2D eigenvalue weighted by Crippen LogP contribution is 2.27. The van der Waals surface area contributed by atoms with Crippen LogP contribution in [0.1, 0.15) is 26.3 Å². The summed E-state index contributed by atoms with van der Waals surface area (Å²) in [6.45, 7) is 4.87. The van der Waals surface area contributed by atoms with E-state index in [0.29, 0.717) is 5.56 Å². The number of amides is 2. The van der Waals surface area contributed by atoms with Crippen molar-refractivity contribution in [3.8, 4) is 5.75 Å². The van der Waals surface area contributed by atoms with Crippen LogP contribution in [-0.4, -0.2) is 37.6 Å². The summed E-state index contributed by atoms with van der Waals surface area (Å²) < 4.78 is 67.7. The van der Waals surface area contributed by atoms with Gasteiger partial charge in [-0.2, -0.15) is 21.6 Å². The van der Waals surface area contributed by atoms with E-state index in [9.17, 15) is 31.2 Å². The number of nitrogens with two attached hydrogens (primary N) is 1. The van der Waals surface area contributed by atoms with Crippen LogP contribution < -0.4 is 15.2 Å². The van der Waals surface area contributed by atoms with Gasteiger partial charge in [0, 0.05) is 6.42 Å². The van der Waals surface area contributed by atoms with Gasteiger partial charge in [-0.1, -0.05) is 12.1 Å². The Balaban J connectivity index is 2.82. The monoisotopic (exact) mass is 412 g/mol. The van der Waals surface area contributed by atoms with Crippen molar-refractivity contribution in [3.63, 3.8) is 0 Å². The molecular formula is C15H19F3N2O6S. The average molecular weight is 412 g/mol. The number of primary amides is 1. The first-order valence-electron chi connectivity index (χ1n) is 7.49. The molecule has 1 aromatic carbocycles. The third-order valence-electron chi connectivity index (χ3n) is 2.89. The van der Waals surface area contributed by atoms with Gasteiger partial charge in [0.05, 0.1) is 0 Å². The number of alkyl carbamates (subject to hydrolysis) is 1. The Morgan fingerprint density at radius 2 is 1.67 bits per heavy atom. The molecule has 0 heterocycles. The fourth-order valence-corrected chi connectivity index (χ4v) is 2.22. The van der Waals surface area contributed by atoms with Crippen LogP contribution in [0.2, 0.25) is 0 Å². The summed E-state index contributed by atoms with van der Waals surface area (Å²) in [5.74, 6) is -1.42. The molecule has 0 spiro atoms. The molecule has 1 aromatic rings. The Labute approximate surface area is 153 Å². The molecule has 0 unspecified atom stereocenters. The Bertz CT molecular complexity index is 785. The molecule has 12 heteroatoms. The fourth-order valence-electron chi connectivity index (χ4n) is 1.76. The predicted molar refractivity (Wildman–Crippen MR) is 88.1 cm³/mol. The lowest BCUT2D eigenvalue weighted by molar-refractivity contribution is -0.120. The lowest BCUT2D eigenvalue weighted by Gasteiger charge is -2.22. The minimum Gasteiger partial charge on any atom is -0.444 e. The molecule has 0 saturated carbocycles. The molecule has 0 radical (unpaired) electrons. The van der Waals surface area contributed by atoms with Crippen molar-refractivity contribution in [1.82, 2.24) is 5.32 Å². The molecule has 0 aliphatic rings. The van der Waals surface area contributed by atoms with Crippen LogP contribution in [0.15, 0.2) is 24.3 Å². The van der Waals surface area contributed by atoms with E-state index in [1.54, 1.807) is 20.8 Å². The first kappa shape index (κ1) is 22.5. The van der Waals surface area contributed by atoms with E-state index in [1.807, 2.05) is 0 Å². The number of hydrogen-bond acceptors (Lipinski definition) is 6. The highest BCUT2D eigenvalue weighted by Gasteiger charge is 2.48. The molecule has 27 heavy (non-hydrogen) atoms. The number of ether oxygens (including phenoxy) is 1. The van der Waals surface area contributed by atoms with Gasteiger partial charge in [-0.05, 0) is 38.5 Å². The lowest BCUT2D eigenvalue weighted by Crippen LogP contribution is -2.47. The van der Waals surface area contributed by atoms with Crippen LogP contribution in [0.5, 0.6) is 5.75 Å². The molecule has 0 aromatic heterocycles. The topological polar surface area (TPSA) is 125 Å². The molecule has 2 amide bonds. The zero-order chi connectivity index (χ0) is 21.0. The van der Waals surface area contributed by atoms with Gasteiger partial charge in [-0.3, -0.25) is 4.79 Å². The van der Waals surface area contributed by atoms with E-state index in [2.05, 4.69) is 9.50 Å². The summed E-state index contributed by atoms with van der Waals surface area (Å²) in [4.78, 5) is 23.2. The number of halogens is 3. The molecule has 0 bridgehead atoms. The highest BCUT2D eigenvalue weighted by atomic mass is 32.2.